The Labute approximate surface area is 181 Å². The Morgan fingerprint density at radius 1 is 1.17 bits per heavy atom. The van der Waals surface area contributed by atoms with Crippen molar-refractivity contribution in [3.8, 4) is 0 Å². The lowest BCUT2D eigenvalue weighted by atomic mass is 9.45. The molecule has 2 saturated carbocycles. The van der Waals surface area contributed by atoms with Gasteiger partial charge in [-0.05, 0) is 68.6 Å². The molecule has 0 aromatic heterocycles. The predicted molar refractivity (Wildman–Crippen MR) is 116 cm³/mol. The van der Waals surface area contributed by atoms with Crippen LogP contribution in [0.25, 0.3) is 0 Å². The molecule has 170 valence electrons. The molecule has 0 heterocycles. The Bertz CT molecular complexity index is 712. The first-order chi connectivity index (χ1) is 13.9. The van der Waals surface area contributed by atoms with E-state index >= 15 is 0 Å². The van der Waals surface area contributed by atoms with Crippen molar-refractivity contribution < 1.29 is 24.5 Å². The molecule has 0 aromatic rings. The number of hydrogen-bond acceptors (Lipinski definition) is 4. The van der Waals surface area contributed by atoms with Crippen LogP contribution in [0.4, 0.5) is 0 Å². The molecule has 2 N–H and O–H groups in total. The monoisotopic (exact) mass is 420 g/mol. The SMILES string of the molecule is CC(C)CC(=O)OC[C@H](O)[C@]1(C)C=C2CC[C@H]3[C@@](C)(CCC[C@]3(C)C(=O)O)[C@@H]2CC1. The predicted octanol–water partition coefficient (Wildman–Crippen LogP) is 4.97. The molecule has 0 saturated heterocycles. The Kier molecular flexibility index (Phi) is 6.44. The van der Waals surface area contributed by atoms with Gasteiger partial charge in [0.1, 0.15) is 6.61 Å². The van der Waals surface area contributed by atoms with Crippen molar-refractivity contribution in [2.45, 2.75) is 92.1 Å². The van der Waals surface area contributed by atoms with Crippen LogP contribution >= 0.6 is 0 Å². The standard InChI is InChI=1S/C25H40O5/c1-16(2)13-21(27)30-15-20(26)23(3)12-9-18-17(14-23)7-8-19-24(18,4)10-6-11-25(19,5)22(28)29/h14,16,18-20,26H,6-13,15H2,1-5H3,(H,28,29)/t18-,19+,20+,23+,24+,25+/m1/s1. The van der Waals surface area contributed by atoms with Crippen LogP contribution in [0.3, 0.4) is 0 Å². The summed E-state index contributed by atoms with van der Waals surface area (Å²) in [6.07, 6.45) is 8.30. The Morgan fingerprint density at radius 2 is 1.87 bits per heavy atom. The van der Waals surface area contributed by atoms with E-state index in [1.54, 1.807) is 0 Å². The van der Waals surface area contributed by atoms with Crippen molar-refractivity contribution >= 4 is 11.9 Å². The normalized spacial score (nSPS) is 39.5. The number of carboxylic acids is 1. The molecule has 3 rings (SSSR count). The third-order valence-electron chi connectivity index (χ3n) is 8.66. The number of carbonyl (C=O) groups excluding carboxylic acids is 1. The van der Waals surface area contributed by atoms with Crippen LogP contribution in [0, 0.1) is 34.0 Å². The Hall–Kier alpha value is -1.36. The number of carbonyl (C=O) groups is 2. The van der Waals surface area contributed by atoms with E-state index in [1.165, 1.54) is 5.57 Å². The summed E-state index contributed by atoms with van der Waals surface area (Å²) >= 11 is 0. The van der Waals surface area contributed by atoms with Gasteiger partial charge in [-0.2, -0.15) is 0 Å². The summed E-state index contributed by atoms with van der Waals surface area (Å²) in [6.45, 7) is 10.3. The molecule has 0 amide bonds. The zero-order valence-electron chi connectivity index (χ0n) is 19.4. The second-order valence-electron chi connectivity index (χ2n) is 11.3. The number of ether oxygens (including phenoxy) is 1. The van der Waals surface area contributed by atoms with Crippen molar-refractivity contribution in [2.75, 3.05) is 6.61 Å². The second-order valence-corrected chi connectivity index (χ2v) is 11.3. The molecule has 0 aromatic carbocycles. The van der Waals surface area contributed by atoms with E-state index in [-0.39, 0.29) is 29.8 Å². The molecule has 5 nitrogen and oxygen atoms in total. The number of aliphatic hydroxyl groups is 1. The summed E-state index contributed by atoms with van der Waals surface area (Å²) in [6, 6.07) is 0. The van der Waals surface area contributed by atoms with Gasteiger partial charge >= 0.3 is 11.9 Å². The van der Waals surface area contributed by atoms with Crippen molar-refractivity contribution in [3.05, 3.63) is 11.6 Å². The molecule has 3 aliphatic rings. The molecule has 3 aliphatic carbocycles. The highest BCUT2D eigenvalue weighted by molar-refractivity contribution is 5.75. The minimum absolute atomic E-state index is 0.00544. The van der Waals surface area contributed by atoms with Gasteiger partial charge in [-0.15, -0.1) is 0 Å². The lowest BCUT2D eigenvalue weighted by Crippen LogP contribution is -2.54. The summed E-state index contributed by atoms with van der Waals surface area (Å²) in [5, 5.41) is 20.8. The van der Waals surface area contributed by atoms with Crippen LogP contribution in [0.1, 0.15) is 86.0 Å². The minimum atomic E-state index is -0.719. The first-order valence-electron chi connectivity index (χ1n) is 11.7. The van der Waals surface area contributed by atoms with Crippen LogP contribution in [0.5, 0.6) is 0 Å². The van der Waals surface area contributed by atoms with Gasteiger partial charge in [0.15, 0.2) is 0 Å². The fraction of sp³-hybridized carbons (Fsp3) is 0.840. The smallest absolute Gasteiger partial charge is 0.309 e. The largest absolute Gasteiger partial charge is 0.481 e. The van der Waals surface area contributed by atoms with E-state index in [2.05, 4.69) is 19.9 Å². The molecule has 0 bridgehead atoms. The van der Waals surface area contributed by atoms with Gasteiger partial charge in [0.25, 0.3) is 0 Å². The summed E-state index contributed by atoms with van der Waals surface area (Å²) in [7, 11) is 0. The summed E-state index contributed by atoms with van der Waals surface area (Å²) < 4.78 is 5.34. The summed E-state index contributed by atoms with van der Waals surface area (Å²) in [5.74, 6) is -0.0725. The Morgan fingerprint density at radius 3 is 2.50 bits per heavy atom. The highest BCUT2D eigenvalue weighted by atomic mass is 16.5. The molecule has 0 aliphatic heterocycles. The van der Waals surface area contributed by atoms with Crippen molar-refractivity contribution in [1.29, 1.82) is 0 Å². The fourth-order valence-electron chi connectivity index (χ4n) is 6.80. The van der Waals surface area contributed by atoms with Crippen LogP contribution in [-0.4, -0.2) is 34.9 Å². The van der Waals surface area contributed by atoms with Gasteiger partial charge in [0.05, 0.1) is 11.5 Å². The first kappa shape index (κ1) is 23.3. The molecular formula is C25H40O5. The lowest BCUT2D eigenvalue weighted by Gasteiger charge is -2.59. The number of hydrogen-bond donors (Lipinski definition) is 2. The number of allylic oxidation sites excluding steroid dienone is 1. The van der Waals surface area contributed by atoms with E-state index in [4.69, 9.17) is 4.74 Å². The quantitative estimate of drug-likeness (QED) is 0.468. The van der Waals surface area contributed by atoms with Gasteiger partial charge in [-0.25, -0.2) is 0 Å². The molecule has 0 spiro atoms. The zero-order chi connectivity index (χ0) is 22.3. The van der Waals surface area contributed by atoms with Crippen molar-refractivity contribution in [3.63, 3.8) is 0 Å². The topological polar surface area (TPSA) is 83.8 Å². The third kappa shape index (κ3) is 4.06. The fourth-order valence-corrected chi connectivity index (χ4v) is 6.80. The average molecular weight is 421 g/mol. The zero-order valence-corrected chi connectivity index (χ0v) is 19.4. The van der Waals surface area contributed by atoms with Crippen LogP contribution in [0.2, 0.25) is 0 Å². The molecule has 5 heteroatoms. The van der Waals surface area contributed by atoms with Gasteiger partial charge in [-0.1, -0.05) is 45.8 Å². The maximum absolute atomic E-state index is 12.1. The number of rotatable bonds is 6. The highest BCUT2D eigenvalue weighted by Crippen LogP contribution is 2.64. The molecule has 0 radical (unpaired) electrons. The number of fused-ring (bicyclic) bond motifs is 3. The van der Waals surface area contributed by atoms with Crippen LogP contribution < -0.4 is 0 Å². The number of aliphatic carboxylic acids is 1. The highest BCUT2D eigenvalue weighted by Gasteiger charge is 2.58. The van der Waals surface area contributed by atoms with Crippen molar-refractivity contribution in [1.82, 2.24) is 0 Å². The van der Waals surface area contributed by atoms with E-state index < -0.39 is 22.9 Å². The van der Waals surface area contributed by atoms with E-state index in [0.29, 0.717) is 12.3 Å². The van der Waals surface area contributed by atoms with Crippen LogP contribution in [0.15, 0.2) is 11.6 Å². The summed E-state index contributed by atoms with van der Waals surface area (Å²) in [5.41, 5.74) is 0.344. The van der Waals surface area contributed by atoms with Gasteiger partial charge in [0.2, 0.25) is 0 Å². The molecule has 30 heavy (non-hydrogen) atoms. The summed E-state index contributed by atoms with van der Waals surface area (Å²) in [4.78, 5) is 24.0. The molecular weight excluding hydrogens is 380 g/mol. The second kappa shape index (κ2) is 8.29. The van der Waals surface area contributed by atoms with Gasteiger partial charge < -0.3 is 14.9 Å². The van der Waals surface area contributed by atoms with E-state index in [1.807, 2.05) is 20.8 Å². The molecule has 6 atom stereocenters. The molecule has 2 fully saturated rings. The van der Waals surface area contributed by atoms with E-state index in [9.17, 15) is 19.8 Å². The van der Waals surface area contributed by atoms with Crippen molar-refractivity contribution in [2.24, 2.45) is 34.0 Å². The minimum Gasteiger partial charge on any atom is -0.481 e. The molecule has 0 unspecified atom stereocenters. The first-order valence-corrected chi connectivity index (χ1v) is 11.7. The van der Waals surface area contributed by atoms with Gasteiger partial charge in [-0.3, -0.25) is 9.59 Å². The number of carboxylic acid groups (broad SMARTS) is 1. The number of aliphatic hydroxyl groups excluding tert-OH is 1. The van der Waals surface area contributed by atoms with E-state index in [0.717, 1.165) is 44.9 Å². The lowest BCUT2D eigenvalue weighted by molar-refractivity contribution is -0.165. The maximum atomic E-state index is 12.1. The average Bonchev–Trinajstić information content (AvgIpc) is 2.64. The third-order valence-corrected chi connectivity index (χ3v) is 8.66. The number of esters is 1. The maximum Gasteiger partial charge on any atom is 0.309 e. The Balaban J connectivity index is 1.76. The van der Waals surface area contributed by atoms with Crippen LogP contribution in [-0.2, 0) is 14.3 Å². The van der Waals surface area contributed by atoms with Gasteiger partial charge in [0, 0.05) is 11.8 Å².